The van der Waals surface area contributed by atoms with Crippen molar-refractivity contribution in [2.45, 2.75) is 19.3 Å². The third-order valence-electron chi connectivity index (χ3n) is 5.48. The van der Waals surface area contributed by atoms with Crippen molar-refractivity contribution in [3.63, 3.8) is 0 Å². The number of hydrogen-bond donors (Lipinski definition) is 3. The Hall–Kier alpha value is -3.46. The summed E-state index contributed by atoms with van der Waals surface area (Å²) in [6, 6.07) is 12.5. The first kappa shape index (κ1) is 24.2. The number of carbonyl (C=O) groups is 3. The molecule has 1 aliphatic heterocycles. The molecule has 0 aromatic heterocycles. The minimum Gasteiger partial charge on any atom is -0.483 e. The maximum Gasteiger partial charge on any atom is 0.262 e. The SMILES string of the molecule is NC(=O)C1CCCN(CCCNC(=O)c2ccccc2OCC(=O)Nc2ccccc2F)C1. The van der Waals surface area contributed by atoms with E-state index in [2.05, 4.69) is 15.5 Å². The summed E-state index contributed by atoms with van der Waals surface area (Å²) in [5.74, 6) is -1.49. The van der Waals surface area contributed by atoms with Crippen LogP contribution in [-0.2, 0) is 9.59 Å². The van der Waals surface area contributed by atoms with Crippen LogP contribution in [0.25, 0.3) is 0 Å². The van der Waals surface area contributed by atoms with Gasteiger partial charge in [0.25, 0.3) is 11.8 Å². The van der Waals surface area contributed by atoms with Crippen molar-refractivity contribution in [2.24, 2.45) is 11.7 Å². The molecule has 0 aliphatic carbocycles. The van der Waals surface area contributed by atoms with Crippen molar-refractivity contribution in [2.75, 3.05) is 38.1 Å². The summed E-state index contributed by atoms with van der Waals surface area (Å²) in [5, 5.41) is 5.30. The zero-order valence-corrected chi connectivity index (χ0v) is 18.4. The molecule has 1 heterocycles. The maximum atomic E-state index is 13.7. The Bertz CT molecular complexity index is 984. The molecule has 1 saturated heterocycles. The first-order valence-corrected chi connectivity index (χ1v) is 11.0. The van der Waals surface area contributed by atoms with Crippen LogP contribution >= 0.6 is 0 Å². The molecule has 4 N–H and O–H groups in total. The van der Waals surface area contributed by atoms with Crippen LogP contribution in [0.5, 0.6) is 5.75 Å². The van der Waals surface area contributed by atoms with E-state index in [1.54, 1.807) is 30.3 Å². The molecule has 0 saturated carbocycles. The number of hydrogen-bond acceptors (Lipinski definition) is 5. The van der Waals surface area contributed by atoms with Gasteiger partial charge in [-0.3, -0.25) is 14.4 Å². The normalized spacial score (nSPS) is 16.1. The minimum absolute atomic E-state index is 0.0629. The number of benzene rings is 2. The molecular formula is C24H29FN4O4. The van der Waals surface area contributed by atoms with Gasteiger partial charge in [0.2, 0.25) is 5.91 Å². The third-order valence-corrected chi connectivity index (χ3v) is 5.48. The van der Waals surface area contributed by atoms with E-state index >= 15 is 0 Å². The number of nitrogens with zero attached hydrogens (tertiary/aromatic N) is 1. The van der Waals surface area contributed by atoms with Crippen molar-refractivity contribution in [1.29, 1.82) is 0 Å². The average molecular weight is 457 g/mol. The Labute approximate surface area is 192 Å². The average Bonchev–Trinajstić information content (AvgIpc) is 2.82. The lowest BCUT2D eigenvalue weighted by atomic mass is 9.97. The van der Waals surface area contributed by atoms with Gasteiger partial charge in [-0.15, -0.1) is 0 Å². The minimum atomic E-state index is -0.541. The van der Waals surface area contributed by atoms with Crippen LogP contribution in [0.3, 0.4) is 0 Å². The Balaban J connectivity index is 1.45. The lowest BCUT2D eigenvalue weighted by Gasteiger charge is -2.31. The van der Waals surface area contributed by atoms with Gasteiger partial charge < -0.3 is 26.0 Å². The Kier molecular flexibility index (Phi) is 8.77. The van der Waals surface area contributed by atoms with E-state index in [0.29, 0.717) is 18.7 Å². The number of para-hydroxylation sites is 2. The van der Waals surface area contributed by atoms with Gasteiger partial charge in [-0.25, -0.2) is 4.39 Å². The van der Waals surface area contributed by atoms with Crippen LogP contribution < -0.4 is 21.1 Å². The summed E-state index contributed by atoms with van der Waals surface area (Å²) < 4.78 is 19.2. The lowest BCUT2D eigenvalue weighted by Crippen LogP contribution is -2.42. The molecule has 9 heteroatoms. The molecule has 1 atom stereocenters. The Morgan fingerprint density at radius 1 is 1.12 bits per heavy atom. The number of ether oxygens (including phenoxy) is 1. The van der Waals surface area contributed by atoms with E-state index in [1.807, 2.05) is 0 Å². The Morgan fingerprint density at radius 2 is 1.88 bits per heavy atom. The largest absolute Gasteiger partial charge is 0.483 e. The van der Waals surface area contributed by atoms with Gasteiger partial charge in [-0.1, -0.05) is 24.3 Å². The predicted molar refractivity (Wildman–Crippen MR) is 122 cm³/mol. The van der Waals surface area contributed by atoms with E-state index in [9.17, 15) is 18.8 Å². The summed E-state index contributed by atoms with van der Waals surface area (Å²) in [6.07, 6.45) is 2.50. The molecule has 176 valence electrons. The van der Waals surface area contributed by atoms with Crippen LogP contribution in [0.4, 0.5) is 10.1 Å². The lowest BCUT2D eigenvalue weighted by molar-refractivity contribution is -0.123. The molecule has 0 spiro atoms. The van der Waals surface area contributed by atoms with Crippen LogP contribution in [0.2, 0.25) is 0 Å². The van der Waals surface area contributed by atoms with Crippen molar-refractivity contribution < 1.29 is 23.5 Å². The van der Waals surface area contributed by atoms with Crippen molar-refractivity contribution in [3.8, 4) is 5.75 Å². The molecule has 8 nitrogen and oxygen atoms in total. The second-order valence-electron chi connectivity index (χ2n) is 7.96. The molecule has 3 amide bonds. The maximum absolute atomic E-state index is 13.7. The number of rotatable bonds is 10. The molecule has 1 unspecified atom stereocenters. The second kappa shape index (κ2) is 12.0. The van der Waals surface area contributed by atoms with Crippen LogP contribution in [0.15, 0.2) is 48.5 Å². The molecule has 1 fully saturated rings. The Morgan fingerprint density at radius 3 is 2.67 bits per heavy atom. The highest BCUT2D eigenvalue weighted by atomic mass is 19.1. The molecule has 3 rings (SSSR count). The zero-order chi connectivity index (χ0) is 23.6. The highest BCUT2D eigenvalue weighted by molar-refractivity contribution is 5.97. The van der Waals surface area contributed by atoms with E-state index in [4.69, 9.17) is 10.5 Å². The molecular weight excluding hydrogens is 427 g/mol. The van der Waals surface area contributed by atoms with E-state index in [-0.39, 0.29) is 35.8 Å². The van der Waals surface area contributed by atoms with Crippen LogP contribution in [-0.4, -0.2) is 55.4 Å². The number of likely N-dealkylation sites (tertiary alicyclic amines) is 1. The fraction of sp³-hybridized carbons (Fsp3) is 0.375. The highest BCUT2D eigenvalue weighted by Crippen LogP contribution is 2.19. The van der Waals surface area contributed by atoms with Crippen LogP contribution in [0.1, 0.15) is 29.6 Å². The number of nitrogens with two attached hydrogens (primary N) is 1. The van der Waals surface area contributed by atoms with Gasteiger partial charge in [0.1, 0.15) is 11.6 Å². The molecule has 2 aromatic carbocycles. The predicted octanol–water partition coefficient (Wildman–Crippen LogP) is 2.16. The monoisotopic (exact) mass is 456 g/mol. The molecule has 2 aromatic rings. The van der Waals surface area contributed by atoms with Gasteiger partial charge in [-0.2, -0.15) is 0 Å². The standard InChI is InChI=1S/C24H29FN4O4/c25-19-9-2-3-10-20(19)28-22(30)16-33-21-11-4-1-8-18(21)24(32)27-12-6-14-29-13-5-7-17(15-29)23(26)31/h1-4,8-11,17H,5-7,12-16H2,(H2,26,31)(H,27,32)(H,28,30). The van der Waals surface area contributed by atoms with E-state index in [0.717, 1.165) is 32.4 Å². The van der Waals surface area contributed by atoms with Crippen molar-refractivity contribution >= 4 is 23.4 Å². The summed E-state index contributed by atoms with van der Waals surface area (Å²) in [5.41, 5.74) is 5.79. The second-order valence-corrected chi connectivity index (χ2v) is 7.96. The summed E-state index contributed by atoms with van der Waals surface area (Å²) in [4.78, 5) is 38.3. The quantitative estimate of drug-likeness (QED) is 0.474. The van der Waals surface area contributed by atoms with Gasteiger partial charge in [0.15, 0.2) is 6.61 Å². The highest BCUT2D eigenvalue weighted by Gasteiger charge is 2.23. The molecule has 0 bridgehead atoms. The van der Waals surface area contributed by atoms with Gasteiger partial charge in [-0.05, 0) is 56.6 Å². The van der Waals surface area contributed by atoms with Gasteiger partial charge in [0, 0.05) is 13.1 Å². The fourth-order valence-electron chi connectivity index (χ4n) is 3.76. The van der Waals surface area contributed by atoms with E-state index in [1.165, 1.54) is 18.2 Å². The number of anilines is 1. The fourth-order valence-corrected chi connectivity index (χ4v) is 3.76. The number of piperidine rings is 1. The van der Waals surface area contributed by atoms with Gasteiger partial charge >= 0.3 is 0 Å². The summed E-state index contributed by atoms with van der Waals surface area (Å²) >= 11 is 0. The van der Waals surface area contributed by atoms with Crippen molar-refractivity contribution in [1.82, 2.24) is 10.2 Å². The topological polar surface area (TPSA) is 114 Å². The van der Waals surface area contributed by atoms with Crippen LogP contribution in [0, 0.1) is 11.7 Å². The number of carbonyl (C=O) groups excluding carboxylic acids is 3. The third kappa shape index (κ3) is 7.28. The molecule has 0 radical (unpaired) electrons. The first-order chi connectivity index (χ1) is 15.9. The molecule has 33 heavy (non-hydrogen) atoms. The summed E-state index contributed by atoms with van der Waals surface area (Å²) in [6.45, 7) is 2.43. The number of nitrogens with one attached hydrogen (secondary N) is 2. The smallest absolute Gasteiger partial charge is 0.262 e. The van der Waals surface area contributed by atoms with Gasteiger partial charge in [0.05, 0.1) is 17.2 Å². The van der Waals surface area contributed by atoms with Crippen molar-refractivity contribution in [3.05, 3.63) is 59.9 Å². The number of primary amides is 1. The number of halogens is 1. The molecule has 1 aliphatic rings. The number of amides is 3. The summed E-state index contributed by atoms with van der Waals surface area (Å²) in [7, 11) is 0. The zero-order valence-electron chi connectivity index (χ0n) is 18.4. The van der Waals surface area contributed by atoms with E-state index < -0.39 is 11.7 Å². The first-order valence-electron chi connectivity index (χ1n) is 11.0.